The molecule has 0 aromatic heterocycles. The van der Waals surface area contributed by atoms with Crippen LogP contribution in [-0.4, -0.2) is 37.5 Å². The summed E-state index contributed by atoms with van der Waals surface area (Å²) < 4.78 is 39.9. The Bertz CT molecular complexity index is 685. The Morgan fingerprint density at radius 3 is 2.23 bits per heavy atom. The average molecular weight is 369 g/mol. The van der Waals surface area contributed by atoms with Crippen molar-refractivity contribution in [1.82, 2.24) is 4.90 Å². The number of nitriles is 1. The normalized spacial score (nSPS) is 13.1. The van der Waals surface area contributed by atoms with Gasteiger partial charge in [-0.1, -0.05) is 20.8 Å². The van der Waals surface area contributed by atoms with Gasteiger partial charge in [0.05, 0.1) is 17.2 Å². The van der Waals surface area contributed by atoms with Gasteiger partial charge in [-0.2, -0.15) is 18.4 Å². The maximum Gasteiger partial charge on any atom is 0.417 e. The summed E-state index contributed by atoms with van der Waals surface area (Å²) in [7, 11) is 3.22. The van der Waals surface area contributed by atoms with Crippen molar-refractivity contribution in [3.05, 3.63) is 29.3 Å². The van der Waals surface area contributed by atoms with Crippen LogP contribution in [0, 0.1) is 16.7 Å². The molecule has 0 fully saturated rings. The van der Waals surface area contributed by atoms with Crippen LogP contribution in [0.5, 0.6) is 0 Å². The van der Waals surface area contributed by atoms with Crippen molar-refractivity contribution in [2.24, 2.45) is 5.41 Å². The molecule has 7 heteroatoms. The molecule has 0 unspecified atom stereocenters. The molecule has 0 radical (unpaired) electrons. The van der Waals surface area contributed by atoms with Gasteiger partial charge in [0, 0.05) is 26.3 Å². The second kappa shape index (κ2) is 7.98. The lowest BCUT2D eigenvalue weighted by Gasteiger charge is -2.34. The molecule has 0 aliphatic carbocycles. The lowest BCUT2D eigenvalue weighted by atomic mass is 9.91. The number of carbonyl (C=O) groups excluding carboxylic acids is 1. The molecular formula is C19H26F3N3O. The van der Waals surface area contributed by atoms with Gasteiger partial charge in [-0.15, -0.1) is 0 Å². The van der Waals surface area contributed by atoms with E-state index >= 15 is 0 Å². The second-order valence-corrected chi connectivity index (χ2v) is 7.75. The Morgan fingerprint density at radius 1 is 1.23 bits per heavy atom. The van der Waals surface area contributed by atoms with E-state index in [1.54, 1.807) is 32.0 Å². The van der Waals surface area contributed by atoms with E-state index in [2.05, 4.69) is 0 Å². The first-order valence-electron chi connectivity index (χ1n) is 8.37. The molecule has 1 amide bonds. The molecule has 1 atom stereocenters. The van der Waals surface area contributed by atoms with E-state index in [1.165, 1.54) is 11.0 Å². The standard InChI is InChI=1S/C19H26F3N3O/c1-13(17(26)24(5)6)25(10-9-18(2,3)4)15-8-7-14(12-23)16(11-15)19(20,21)22/h7-8,11,13H,9-10H2,1-6H3/t13-/m0/s1. The van der Waals surface area contributed by atoms with Crippen LogP contribution in [0.4, 0.5) is 18.9 Å². The quantitative estimate of drug-likeness (QED) is 0.778. The van der Waals surface area contributed by atoms with E-state index in [1.807, 2.05) is 20.8 Å². The molecule has 0 spiro atoms. The highest BCUT2D eigenvalue weighted by Crippen LogP contribution is 2.35. The smallest absolute Gasteiger partial charge is 0.360 e. The Balaban J connectivity index is 3.38. The zero-order valence-electron chi connectivity index (χ0n) is 16.1. The van der Waals surface area contributed by atoms with Crippen LogP contribution in [0.1, 0.15) is 45.2 Å². The highest BCUT2D eigenvalue weighted by molar-refractivity contribution is 5.84. The van der Waals surface area contributed by atoms with Crippen molar-refractivity contribution < 1.29 is 18.0 Å². The third-order valence-corrected chi connectivity index (χ3v) is 4.13. The Labute approximate surface area is 153 Å². The van der Waals surface area contributed by atoms with Crippen LogP contribution in [0.2, 0.25) is 0 Å². The van der Waals surface area contributed by atoms with Crippen molar-refractivity contribution in [3.63, 3.8) is 0 Å². The molecule has 0 heterocycles. The van der Waals surface area contributed by atoms with Gasteiger partial charge in [0.1, 0.15) is 6.04 Å². The lowest BCUT2D eigenvalue weighted by Crippen LogP contribution is -2.46. The van der Waals surface area contributed by atoms with Crippen molar-refractivity contribution in [2.45, 2.75) is 46.3 Å². The minimum absolute atomic E-state index is 0.0431. The number of alkyl halides is 3. The number of nitrogens with zero attached hydrogens (tertiary/aromatic N) is 3. The highest BCUT2D eigenvalue weighted by Gasteiger charge is 2.35. The summed E-state index contributed by atoms with van der Waals surface area (Å²) in [6.45, 7) is 8.19. The van der Waals surface area contributed by atoms with Gasteiger partial charge in [-0.05, 0) is 37.0 Å². The first kappa shape index (κ1) is 21.8. The average Bonchev–Trinajstić information content (AvgIpc) is 2.51. The zero-order valence-corrected chi connectivity index (χ0v) is 16.1. The highest BCUT2D eigenvalue weighted by atomic mass is 19.4. The summed E-state index contributed by atoms with van der Waals surface area (Å²) in [6, 6.07) is 4.55. The summed E-state index contributed by atoms with van der Waals surface area (Å²) in [5.74, 6) is -0.197. The SMILES string of the molecule is C[C@@H](C(=O)N(C)C)N(CCC(C)(C)C)c1ccc(C#N)c(C(F)(F)F)c1. The van der Waals surface area contributed by atoms with Crippen LogP contribution in [0.3, 0.4) is 0 Å². The third-order valence-electron chi connectivity index (χ3n) is 4.13. The fourth-order valence-electron chi connectivity index (χ4n) is 2.55. The summed E-state index contributed by atoms with van der Waals surface area (Å²) >= 11 is 0. The van der Waals surface area contributed by atoms with Gasteiger partial charge in [-0.25, -0.2) is 0 Å². The maximum atomic E-state index is 13.3. The first-order chi connectivity index (χ1) is 11.8. The number of rotatable bonds is 5. The molecule has 0 saturated carbocycles. The largest absolute Gasteiger partial charge is 0.417 e. The van der Waals surface area contributed by atoms with E-state index in [-0.39, 0.29) is 17.0 Å². The fraction of sp³-hybridized carbons (Fsp3) is 0.579. The summed E-state index contributed by atoms with van der Waals surface area (Å²) in [4.78, 5) is 15.5. The molecular weight excluding hydrogens is 343 g/mol. The molecule has 0 aliphatic rings. The molecule has 4 nitrogen and oxygen atoms in total. The van der Waals surface area contributed by atoms with Crippen LogP contribution in [0.15, 0.2) is 18.2 Å². The minimum atomic E-state index is -4.63. The number of hydrogen-bond donors (Lipinski definition) is 0. The number of benzene rings is 1. The fourth-order valence-corrected chi connectivity index (χ4v) is 2.55. The predicted octanol–water partition coefficient (Wildman–Crippen LogP) is 4.30. The van der Waals surface area contributed by atoms with Gasteiger partial charge < -0.3 is 9.80 Å². The topological polar surface area (TPSA) is 47.3 Å². The third kappa shape index (κ3) is 5.65. The number of halogens is 3. The number of carbonyl (C=O) groups is 1. The molecule has 0 N–H and O–H groups in total. The molecule has 0 saturated heterocycles. The van der Waals surface area contributed by atoms with Crippen molar-refractivity contribution in [1.29, 1.82) is 5.26 Å². The van der Waals surface area contributed by atoms with Crippen LogP contribution in [-0.2, 0) is 11.0 Å². The van der Waals surface area contributed by atoms with Crippen molar-refractivity contribution >= 4 is 11.6 Å². The zero-order chi connectivity index (χ0) is 20.3. The molecule has 0 bridgehead atoms. The van der Waals surface area contributed by atoms with Crippen LogP contribution < -0.4 is 4.90 Å². The number of likely N-dealkylation sites (N-methyl/N-ethyl adjacent to an activating group) is 1. The maximum absolute atomic E-state index is 13.3. The van der Waals surface area contributed by atoms with Gasteiger partial charge in [0.25, 0.3) is 0 Å². The molecule has 1 aromatic carbocycles. The second-order valence-electron chi connectivity index (χ2n) is 7.75. The summed E-state index contributed by atoms with van der Waals surface area (Å²) in [5.41, 5.74) is -1.17. The van der Waals surface area contributed by atoms with Crippen molar-refractivity contribution in [2.75, 3.05) is 25.5 Å². The summed E-state index contributed by atoms with van der Waals surface area (Å²) in [6.07, 6.45) is -3.94. The van der Waals surface area contributed by atoms with E-state index < -0.39 is 23.3 Å². The molecule has 144 valence electrons. The molecule has 26 heavy (non-hydrogen) atoms. The predicted molar refractivity (Wildman–Crippen MR) is 95.7 cm³/mol. The van der Waals surface area contributed by atoms with Gasteiger partial charge in [-0.3, -0.25) is 4.79 Å². The van der Waals surface area contributed by atoms with Crippen LogP contribution >= 0.6 is 0 Å². The Kier molecular flexibility index (Phi) is 6.70. The molecule has 1 aromatic rings. The van der Waals surface area contributed by atoms with E-state index in [9.17, 15) is 18.0 Å². The van der Waals surface area contributed by atoms with E-state index in [0.717, 1.165) is 12.1 Å². The van der Waals surface area contributed by atoms with Gasteiger partial charge >= 0.3 is 6.18 Å². The first-order valence-corrected chi connectivity index (χ1v) is 8.37. The lowest BCUT2D eigenvalue weighted by molar-refractivity contribution is -0.137. The molecule has 1 rings (SSSR count). The minimum Gasteiger partial charge on any atom is -0.360 e. The number of anilines is 1. The Hall–Kier alpha value is -2.23. The van der Waals surface area contributed by atoms with Crippen LogP contribution in [0.25, 0.3) is 0 Å². The van der Waals surface area contributed by atoms with Gasteiger partial charge in [0.2, 0.25) is 5.91 Å². The number of hydrogen-bond acceptors (Lipinski definition) is 3. The van der Waals surface area contributed by atoms with Crippen molar-refractivity contribution in [3.8, 4) is 6.07 Å². The summed E-state index contributed by atoms with van der Waals surface area (Å²) in [5, 5.41) is 8.97. The van der Waals surface area contributed by atoms with E-state index in [4.69, 9.17) is 5.26 Å². The molecule has 0 aliphatic heterocycles. The Morgan fingerprint density at radius 2 is 1.81 bits per heavy atom. The monoisotopic (exact) mass is 369 g/mol. The number of amides is 1. The van der Waals surface area contributed by atoms with Gasteiger partial charge in [0.15, 0.2) is 0 Å². The van der Waals surface area contributed by atoms with E-state index in [0.29, 0.717) is 13.0 Å².